The standard InChI is InChI=1S/C25H21ClN2O3/c1-27(16-17-8-4-3-5-9-17)25(30)24(29)23-20(15-19-10-6-7-13-28(19)23)18-11-12-22(31-2)21(26)14-18/h3-15H,16H2,1-2H3. The lowest BCUT2D eigenvalue weighted by molar-refractivity contribution is -0.125. The second-order valence-corrected chi connectivity index (χ2v) is 7.63. The molecule has 0 radical (unpaired) electrons. The van der Waals surface area contributed by atoms with Crippen LogP contribution in [-0.2, 0) is 11.3 Å². The normalized spacial score (nSPS) is 10.8. The second-order valence-electron chi connectivity index (χ2n) is 7.23. The zero-order valence-electron chi connectivity index (χ0n) is 17.2. The fraction of sp³-hybridized carbons (Fsp3) is 0.120. The lowest BCUT2D eigenvalue weighted by atomic mass is 10.0. The summed E-state index contributed by atoms with van der Waals surface area (Å²) in [5.41, 5.74) is 3.44. The molecule has 1 amide bonds. The van der Waals surface area contributed by atoms with E-state index in [0.717, 1.165) is 16.6 Å². The Bertz CT molecular complexity index is 1260. The van der Waals surface area contributed by atoms with E-state index >= 15 is 0 Å². The molecule has 2 heterocycles. The van der Waals surface area contributed by atoms with Crippen molar-refractivity contribution in [2.75, 3.05) is 14.2 Å². The topological polar surface area (TPSA) is 51.0 Å². The molecule has 0 aliphatic carbocycles. The zero-order chi connectivity index (χ0) is 22.0. The molecular formula is C25H21ClN2O3. The summed E-state index contributed by atoms with van der Waals surface area (Å²) in [6.45, 7) is 0.346. The first-order chi connectivity index (χ1) is 15.0. The van der Waals surface area contributed by atoms with Gasteiger partial charge in [0.2, 0.25) is 0 Å². The molecule has 0 saturated carbocycles. The Morgan fingerprint density at radius 2 is 1.74 bits per heavy atom. The first-order valence-electron chi connectivity index (χ1n) is 9.77. The van der Waals surface area contributed by atoms with Crippen LogP contribution < -0.4 is 4.74 Å². The van der Waals surface area contributed by atoms with E-state index in [1.807, 2.05) is 60.7 Å². The van der Waals surface area contributed by atoms with Crippen LogP contribution in [0.5, 0.6) is 5.75 Å². The summed E-state index contributed by atoms with van der Waals surface area (Å²) in [6, 6.07) is 22.4. The molecule has 0 aliphatic rings. The molecule has 0 aliphatic heterocycles. The van der Waals surface area contributed by atoms with Gasteiger partial charge in [0.15, 0.2) is 0 Å². The van der Waals surface area contributed by atoms with Crippen LogP contribution in [-0.4, -0.2) is 35.1 Å². The predicted molar refractivity (Wildman–Crippen MR) is 122 cm³/mol. The fourth-order valence-corrected chi connectivity index (χ4v) is 3.87. The number of ether oxygens (including phenoxy) is 1. The summed E-state index contributed by atoms with van der Waals surface area (Å²) in [5, 5.41) is 0.432. The van der Waals surface area contributed by atoms with E-state index in [0.29, 0.717) is 28.6 Å². The highest BCUT2D eigenvalue weighted by Crippen LogP contribution is 2.34. The number of methoxy groups -OCH3 is 1. The monoisotopic (exact) mass is 432 g/mol. The van der Waals surface area contributed by atoms with Gasteiger partial charge in [-0.1, -0.05) is 54.1 Å². The molecule has 156 valence electrons. The average Bonchev–Trinajstić information content (AvgIpc) is 3.18. The zero-order valence-corrected chi connectivity index (χ0v) is 18.0. The van der Waals surface area contributed by atoms with Crippen molar-refractivity contribution in [1.82, 2.24) is 9.30 Å². The molecule has 2 aromatic carbocycles. The van der Waals surface area contributed by atoms with E-state index < -0.39 is 11.7 Å². The Labute approximate surface area is 185 Å². The van der Waals surface area contributed by atoms with Gasteiger partial charge >= 0.3 is 0 Å². The van der Waals surface area contributed by atoms with Crippen LogP contribution in [0.4, 0.5) is 0 Å². The summed E-state index contributed by atoms with van der Waals surface area (Å²) in [6.07, 6.45) is 1.78. The largest absolute Gasteiger partial charge is 0.495 e. The molecule has 6 heteroatoms. The first-order valence-corrected chi connectivity index (χ1v) is 10.1. The van der Waals surface area contributed by atoms with Crippen molar-refractivity contribution in [3.8, 4) is 16.9 Å². The highest BCUT2D eigenvalue weighted by molar-refractivity contribution is 6.43. The molecule has 2 aromatic heterocycles. The summed E-state index contributed by atoms with van der Waals surface area (Å²) in [4.78, 5) is 27.9. The minimum absolute atomic E-state index is 0.307. The Hall–Kier alpha value is -3.57. The lowest BCUT2D eigenvalue weighted by Crippen LogP contribution is -2.33. The number of nitrogens with zero attached hydrogens (tertiary/aromatic N) is 2. The fourth-order valence-electron chi connectivity index (χ4n) is 3.61. The number of fused-ring (bicyclic) bond motifs is 1. The van der Waals surface area contributed by atoms with E-state index in [4.69, 9.17) is 16.3 Å². The molecule has 4 aromatic rings. The summed E-state index contributed by atoms with van der Waals surface area (Å²) in [5.74, 6) is -0.610. The number of carbonyl (C=O) groups excluding carboxylic acids is 2. The number of pyridine rings is 1. The van der Waals surface area contributed by atoms with Gasteiger partial charge in [-0.2, -0.15) is 0 Å². The van der Waals surface area contributed by atoms with Crippen LogP contribution in [0, 0.1) is 0 Å². The van der Waals surface area contributed by atoms with Crippen molar-refractivity contribution in [3.05, 3.63) is 95.3 Å². The third-order valence-corrected chi connectivity index (χ3v) is 5.46. The maximum Gasteiger partial charge on any atom is 0.296 e. The number of amides is 1. The van der Waals surface area contributed by atoms with Crippen molar-refractivity contribution < 1.29 is 14.3 Å². The van der Waals surface area contributed by atoms with E-state index in [1.165, 1.54) is 4.90 Å². The van der Waals surface area contributed by atoms with Crippen molar-refractivity contribution >= 4 is 28.8 Å². The summed E-state index contributed by atoms with van der Waals surface area (Å²) >= 11 is 6.32. The third kappa shape index (κ3) is 4.05. The van der Waals surface area contributed by atoms with Crippen molar-refractivity contribution in [2.24, 2.45) is 0 Å². The molecule has 0 unspecified atom stereocenters. The van der Waals surface area contributed by atoms with Crippen molar-refractivity contribution in [1.29, 1.82) is 0 Å². The molecule has 0 fully saturated rings. The second kappa shape index (κ2) is 8.66. The Morgan fingerprint density at radius 1 is 1.00 bits per heavy atom. The number of Topliss-reactive ketones (excluding diaryl/α,β-unsaturated/α-hetero) is 1. The van der Waals surface area contributed by atoms with Gasteiger partial charge in [-0.25, -0.2) is 0 Å². The van der Waals surface area contributed by atoms with Gasteiger partial charge in [-0.15, -0.1) is 0 Å². The van der Waals surface area contributed by atoms with Crippen molar-refractivity contribution in [2.45, 2.75) is 6.54 Å². The number of benzene rings is 2. The maximum atomic E-state index is 13.4. The number of carbonyl (C=O) groups is 2. The molecule has 0 N–H and O–H groups in total. The highest BCUT2D eigenvalue weighted by atomic mass is 35.5. The Kier molecular flexibility index (Phi) is 5.78. The highest BCUT2D eigenvalue weighted by Gasteiger charge is 2.27. The van der Waals surface area contributed by atoms with Crippen LogP contribution in [0.25, 0.3) is 16.6 Å². The molecule has 0 saturated heterocycles. The Balaban J connectivity index is 1.75. The SMILES string of the molecule is COc1ccc(-c2cc3ccccn3c2C(=O)C(=O)N(C)Cc2ccccc2)cc1Cl. The predicted octanol–water partition coefficient (Wildman–Crippen LogP) is 5.11. The number of ketones is 1. The van der Waals surface area contributed by atoms with Crippen molar-refractivity contribution in [3.63, 3.8) is 0 Å². The number of halogens is 1. The minimum Gasteiger partial charge on any atom is -0.495 e. The molecule has 31 heavy (non-hydrogen) atoms. The maximum absolute atomic E-state index is 13.4. The molecular weight excluding hydrogens is 412 g/mol. The number of hydrogen-bond donors (Lipinski definition) is 0. The van der Waals surface area contributed by atoms with Gasteiger partial charge in [-0.05, 0) is 41.5 Å². The van der Waals surface area contributed by atoms with E-state index in [2.05, 4.69) is 0 Å². The average molecular weight is 433 g/mol. The third-order valence-electron chi connectivity index (χ3n) is 5.16. The number of hydrogen-bond acceptors (Lipinski definition) is 3. The van der Waals surface area contributed by atoms with Gasteiger partial charge in [0, 0.05) is 30.9 Å². The Morgan fingerprint density at radius 3 is 2.45 bits per heavy atom. The smallest absolute Gasteiger partial charge is 0.296 e. The summed E-state index contributed by atoms with van der Waals surface area (Å²) < 4.78 is 6.97. The molecule has 4 rings (SSSR count). The first kappa shape index (κ1) is 20.7. The quantitative estimate of drug-likeness (QED) is 0.314. The van der Waals surface area contributed by atoms with Crippen LogP contribution in [0.1, 0.15) is 16.1 Å². The number of rotatable bonds is 6. The van der Waals surface area contributed by atoms with Crippen LogP contribution in [0.2, 0.25) is 5.02 Å². The molecule has 0 atom stereocenters. The van der Waals surface area contributed by atoms with E-state index in [-0.39, 0.29) is 0 Å². The number of aromatic nitrogens is 1. The molecule has 0 bridgehead atoms. The van der Waals surface area contributed by atoms with Crippen LogP contribution >= 0.6 is 11.6 Å². The van der Waals surface area contributed by atoms with E-state index in [1.54, 1.807) is 36.9 Å². The van der Waals surface area contributed by atoms with Gasteiger partial charge in [0.05, 0.1) is 12.1 Å². The molecule has 0 spiro atoms. The van der Waals surface area contributed by atoms with Crippen LogP contribution in [0.3, 0.4) is 0 Å². The van der Waals surface area contributed by atoms with Gasteiger partial charge in [-0.3, -0.25) is 9.59 Å². The lowest BCUT2D eigenvalue weighted by Gasteiger charge is -2.17. The van der Waals surface area contributed by atoms with Gasteiger partial charge in [0.25, 0.3) is 11.7 Å². The van der Waals surface area contributed by atoms with Crippen LogP contribution in [0.15, 0.2) is 79.0 Å². The van der Waals surface area contributed by atoms with E-state index in [9.17, 15) is 9.59 Å². The molecule has 5 nitrogen and oxygen atoms in total. The van der Waals surface area contributed by atoms with Gasteiger partial charge in [0.1, 0.15) is 11.4 Å². The summed E-state index contributed by atoms with van der Waals surface area (Å²) in [7, 11) is 3.18. The minimum atomic E-state index is -0.577. The number of likely N-dealkylation sites (N-methyl/N-ethyl adjacent to an activating group) is 1. The van der Waals surface area contributed by atoms with Gasteiger partial charge < -0.3 is 14.0 Å².